The van der Waals surface area contributed by atoms with Crippen LogP contribution in [0.4, 0.5) is 0 Å². The van der Waals surface area contributed by atoms with Gasteiger partial charge in [0, 0.05) is 12.6 Å². The van der Waals surface area contributed by atoms with Crippen LogP contribution in [0.2, 0.25) is 0 Å². The van der Waals surface area contributed by atoms with Crippen LogP contribution < -0.4 is 5.73 Å². The third-order valence-corrected chi connectivity index (χ3v) is 4.33. The maximum Gasteiger partial charge on any atom is 0.106 e. The predicted octanol–water partition coefficient (Wildman–Crippen LogP) is 1.64. The van der Waals surface area contributed by atoms with Crippen LogP contribution in [-0.4, -0.2) is 34.6 Å². The molecule has 3 rings (SSSR count). The van der Waals surface area contributed by atoms with Crippen molar-refractivity contribution in [3.8, 4) is 0 Å². The van der Waals surface area contributed by atoms with Gasteiger partial charge in [-0.1, -0.05) is 10.6 Å². The van der Waals surface area contributed by atoms with E-state index >= 15 is 0 Å². The van der Waals surface area contributed by atoms with Crippen LogP contribution in [0.3, 0.4) is 0 Å². The Kier molecular flexibility index (Phi) is 2.82. The van der Waals surface area contributed by atoms with Crippen molar-refractivity contribution in [3.63, 3.8) is 0 Å². The number of fused-ring (bicyclic) bond motifs is 1. The molecule has 90 valence electrons. The Morgan fingerprint density at radius 2 is 2.41 bits per heavy atom. The molecule has 0 saturated carbocycles. The van der Waals surface area contributed by atoms with Crippen molar-refractivity contribution in [1.82, 2.24) is 14.5 Å². The maximum atomic E-state index is 5.76. The number of hydrogen-bond acceptors (Lipinski definition) is 5. The van der Waals surface area contributed by atoms with Crippen molar-refractivity contribution >= 4 is 21.7 Å². The number of likely N-dealkylation sites (tertiary alicyclic amines) is 1. The lowest BCUT2D eigenvalue weighted by Gasteiger charge is -2.19. The van der Waals surface area contributed by atoms with Gasteiger partial charge in [0.25, 0.3) is 0 Å². The van der Waals surface area contributed by atoms with E-state index in [0.717, 1.165) is 29.7 Å². The molecular formula is C12H16N4S. The molecule has 0 spiro atoms. The van der Waals surface area contributed by atoms with E-state index in [4.69, 9.17) is 5.73 Å². The highest BCUT2D eigenvalue weighted by Crippen LogP contribution is 2.34. The lowest BCUT2D eigenvalue weighted by Crippen LogP contribution is -2.20. The maximum absolute atomic E-state index is 5.76. The van der Waals surface area contributed by atoms with Crippen LogP contribution in [0.1, 0.15) is 18.0 Å². The molecule has 0 amide bonds. The van der Waals surface area contributed by atoms with Gasteiger partial charge in [-0.2, -0.15) is 0 Å². The Morgan fingerprint density at radius 3 is 3.18 bits per heavy atom. The summed E-state index contributed by atoms with van der Waals surface area (Å²) in [7, 11) is 2.17. The van der Waals surface area contributed by atoms with Gasteiger partial charge in [-0.3, -0.25) is 4.90 Å². The molecule has 1 aliphatic heterocycles. The van der Waals surface area contributed by atoms with Crippen LogP contribution in [0.15, 0.2) is 18.2 Å². The normalized spacial score (nSPS) is 25.8. The first-order valence-electron chi connectivity index (χ1n) is 5.90. The van der Waals surface area contributed by atoms with Gasteiger partial charge in [0.2, 0.25) is 0 Å². The van der Waals surface area contributed by atoms with Gasteiger partial charge in [-0.25, -0.2) is 0 Å². The molecule has 1 aliphatic rings. The Balaban J connectivity index is 1.92. The molecule has 4 nitrogen and oxygen atoms in total. The lowest BCUT2D eigenvalue weighted by atomic mass is 10.00. The van der Waals surface area contributed by atoms with E-state index in [0.29, 0.717) is 12.0 Å². The summed E-state index contributed by atoms with van der Waals surface area (Å²) in [5.41, 5.74) is 8.11. The molecule has 5 heteroatoms. The fourth-order valence-corrected chi connectivity index (χ4v) is 3.21. The van der Waals surface area contributed by atoms with E-state index in [2.05, 4.69) is 39.7 Å². The SMILES string of the molecule is CN1CC(CN)CC1c1ccc2snnc2c1. The van der Waals surface area contributed by atoms with Crippen molar-refractivity contribution in [2.75, 3.05) is 20.1 Å². The molecule has 1 fully saturated rings. The summed E-state index contributed by atoms with van der Waals surface area (Å²) < 4.78 is 5.13. The van der Waals surface area contributed by atoms with E-state index in [9.17, 15) is 0 Å². The second kappa shape index (κ2) is 4.33. The van der Waals surface area contributed by atoms with Crippen LogP contribution in [0, 0.1) is 5.92 Å². The van der Waals surface area contributed by atoms with Gasteiger partial charge in [-0.15, -0.1) is 5.10 Å². The zero-order valence-corrected chi connectivity index (χ0v) is 10.7. The van der Waals surface area contributed by atoms with Crippen molar-refractivity contribution < 1.29 is 0 Å². The Bertz CT molecular complexity index is 524. The smallest absolute Gasteiger partial charge is 0.106 e. The number of benzene rings is 1. The molecule has 0 aliphatic carbocycles. The predicted molar refractivity (Wildman–Crippen MR) is 69.9 cm³/mol. The summed E-state index contributed by atoms with van der Waals surface area (Å²) in [6.45, 7) is 1.87. The average molecular weight is 248 g/mol. The molecule has 2 heterocycles. The van der Waals surface area contributed by atoms with Gasteiger partial charge in [0.15, 0.2) is 0 Å². The van der Waals surface area contributed by atoms with E-state index in [1.54, 1.807) is 0 Å². The van der Waals surface area contributed by atoms with E-state index in [1.807, 2.05) is 0 Å². The standard InChI is InChI=1S/C12H16N4S/c1-16-7-8(6-13)4-11(16)9-2-3-12-10(5-9)14-15-17-12/h2-3,5,8,11H,4,6-7,13H2,1H3. The zero-order chi connectivity index (χ0) is 11.8. The minimum absolute atomic E-state index is 0.481. The number of nitrogens with two attached hydrogens (primary N) is 1. The van der Waals surface area contributed by atoms with E-state index in [-0.39, 0.29) is 0 Å². The average Bonchev–Trinajstić information content (AvgIpc) is 2.93. The summed E-state index contributed by atoms with van der Waals surface area (Å²) >= 11 is 1.45. The minimum Gasteiger partial charge on any atom is -0.330 e. The largest absolute Gasteiger partial charge is 0.330 e. The Hall–Kier alpha value is -1.04. The number of rotatable bonds is 2. The summed E-state index contributed by atoms with van der Waals surface area (Å²) in [6.07, 6.45) is 1.15. The molecular weight excluding hydrogens is 232 g/mol. The summed E-state index contributed by atoms with van der Waals surface area (Å²) in [5.74, 6) is 0.620. The molecule has 2 N–H and O–H groups in total. The fraction of sp³-hybridized carbons (Fsp3) is 0.500. The molecule has 2 atom stereocenters. The Morgan fingerprint density at radius 1 is 1.53 bits per heavy atom. The summed E-state index contributed by atoms with van der Waals surface area (Å²) in [4.78, 5) is 2.39. The monoisotopic (exact) mass is 248 g/mol. The van der Waals surface area contributed by atoms with E-state index < -0.39 is 0 Å². The molecule has 2 aromatic rings. The summed E-state index contributed by atoms with van der Waals surface area (Å²) in [5, 5.41) is 4.14. The van der Waals surface area contributed by atoms with Crippen molar-refractivity contribution in [3.05, 3.63) is 23.8 Å². The van der Waals surface area contributed by atoms with Crippen molar-refractivity contribution in [1.29, 1.82) is 0 Å². The Labute approximate surface area is 105 Å². The number of hydrogen-bond donors (Lipinski definition) is 1. The quantitative estimate of drug-likeness (QED) is 0.878. The van der Waals surface area contributed by atoms with Crippen molar-refractivity contribution in [2.45, 2.75) is 12.5 Å². The topological polar surface area (TPSA) is 55.0 Å². The molecule has 1 saturated heterocycles. The van der Waals surface area contributed by atoms with Crippen molar-refractivity contribution in [2.24, 2.45) is 11.7 Å². The second-order valence-corrected chi connectivity index (χ2v) is 5.58. The highest BCUT2D eigenvalue weighted by Gasteiger charge is 2.29. The molecule has 1 aromatic carbocycles. The second-order valence-electron chi connectivity index (χ2n) is 4.79. The van der Waals surface area contributed by atoms with Crippen LogP contribution in [0.5, 0.6) is 0 Å². The number of nitrogens with zero attached hydrogens (tertiary/aromatic N) is 3. The highest BCUT2D eigenvalue weighted by atomic mass is 32.1. The number of aromatic nitrogens is 2. The van der Waals surface area contributed by atoms with Crippen LogP contribution in [-0.2, 0) is 0 Å². The molecule has 2 unspecified atom stereocenters. The first-order valence-corrected chi connectivity index (χ1v) is 6.67. The third-order valence-electron chi connectivity index (χ3n) is 3.62. The first kappa shape index (κ1) is 11.1. The van der Waals surface area contributed by atoms with Crippen LogP contribution >= 0.6 is 11.5 Å². The first-order chi connectivity index (χ1) is 8.28. The van der Waals surface area contributed by atoms with Gasteiger partial charge < -0.3 is 5.73 Å². The summed E-state index contributed by atoms with van der Waals surface area (Å²) in [6, 6.07) is 6.97. The lowest BCUT2D eigenvalue weighted by molar-refractivity contribution is 0.314. The van der Waals surface area contributed by atoms with E-state index in [1.165, 1.54) is 17.1 Å². The van der Waals surface area contributed by atoms with Gasteiger partial charge in [0.1, 0.15) is 5.52 Å². The molecule has 0 radical (unpaired) electrons. The van der Waals surface area contributed by atoms with Gasteiger partial charge in [-0.05, 0) is 55.2 Å². The van der Waals surface area contributed by atoms with Gasteiger partial charge >= 0.3 is 0 Å². The third kappa shape index (κ3) is 1.94. The van der Waals surface area contributed by atoms with Gasteiger partial charge in [0.05, 0.1) is 4.70 Å². The molecule has 0 bridgehead atoms. The zero-order valence-electron chi connectivity index (χ0n) is 9.84. The molecule has 17 heavy (non-hydrogen) atoms. The highest BCUT2D eigenvalue weighted by molar-refractivity contribution is 7.12. The molecule has 1 aromatic heterocycles. The minimum atomic E-state index is 0.481. The van der Waals surface area contributed by atoms with Crippen LogP contribution in [0.25, 0.3) is 10.2 Å². The fourth-order valence-electron chi connectivity index (χ4n) is 2.67.